The van der Waals surface area contributed by atoms with E-state index in [4.69, 9.17) is 5.73 Å². The van der Waals surface area contributed by atoms with Gasteiger partial charge >= 0.3 is 0 Å². The first kappa shape index (κ1) is 14.5. The van der Waals surface area contributed by atoms with Crippen LogP contribution in [0.4, 0.5) is 0 Å². The third-order valence-corrected chi connectivity index (χ3v) is 5.16. The van der Waals surface area contributed by atoms with Gasteiger partial charge in [0.05, 0.1) is 0 Å². The van der Waals surface area contributed by atoms with Crippen molar-refractivity contribution in [2.45, 2.75) is 62.9 Å². The van der Waals surface area contributed by atoms with Gasteiger partial charge in [0.25, 0.3) is 0 Å². The quantitative estimate of drug-likeness (QED) is 0.689. The van der Waals surface area contributed by atoms with Crippen molar-refractivity contribution in [2.75, 3.05) is 6.54 Å². The molecule has 3 amide bonds. The zero-order valence-electron chi connectivity index (χ0n) is 12.3. The molecule has 1 aliphatic heterocycles. The summed E-state index contributed by atoms with van der Waals surface area (Å²) in [7, 11) is 0. The van der Waals surface area contributed by atoms with Gasteiger partial charge in [0, 0.05) is 25.4 Å². The molecule has 1 saturated heterocycles. The smallest absolute Gasteiger partial charge is 0.238 e. The van der Waals surface area contributed by atoms with Crippen LogP contribution in [0.5, 0.6) is 0 Å². The minimum absolute atomic E-state index is 0.0853. The molecule has 3 fully saturated rings. The molecule has 116 valence electrons. The van der Waals surface area contributed by atoms with Crippen LogP contribution in [0.2, 0.25) is 0 Å². The van der Waals surface area contributed by atoms with Gasteiger partial charge in [-0.2, -0.15) is 0 Å². The van der Waals surface area contributed by atoms with Crippen LogP contribution in [-0.4, -0.2) is 40.7 Å². The highest BCUT2D eigenvalue weighted by Gasteiger charge is 2.50. The summed E-state index contributed by atoms with van der Waals surface area (Å²) in [4.78, 5) is 36.7. The van der Waals surface area contributed by atoms with Crippen molar-refractivity contribution in [3.63, 3.8) is 0 Å². The zero-order chi connectivity index (χ0) is 15.0. The van der Waals surface area contributed by atoms with Gasteiger partial charge in [0.15, 0.2) is 0 Å². The van der Waals surface area contributed by atoms with E-state index in [9.17, 15) is 14.4 Å². The van der Waals surface area contributed by atoms with Crippen molar-refractivity contribution >= 4 is 17.7 Å². The molecule has 0 aromatic rings. The number of carbonyl (C=O) groups is 3. The summed E-state index contributed by atoms with van der Waals surface area (Å²) < 4.78 is 0. The van der Waals surface area contributed by atoms with Crippen LogP contribution in [0.3, 0.4) is 0 Å². The van der Waals surface area contributed by atoms with Gasteiger partial charge in [0.2, 0.25) is 17.7 Å². The number of carbonyl (C=O) groups excluding carboxylic acids is 3. The monoisotopic (exact) mass is 293 g/mol. The first-order valence-corrected chi connectivity index (χ1v) is 7.94. The molecule has 0 spiro atoms. The number of hydrogen-bond acceptors (Lipinski definition) is 4. The molecule has 2 aliphatic carbocycles. The Morgan fingerprint density at radius 1 is 1.24 bits per heavy atom. The maximum Gasteiger partial charge on any atom is 0.238 e. The lowest BCUT2D eigenvalue weighted by molar-refractivity contribution is -0.138. The summed E-state index contributed by atoms with van der Waals surface area (Å²) in [6.07, 6.45) is 6.19. The minimum Gasteiger partial charge on any atom is -0.368 e. The molecule has 2 atom stereocenters. The van der Waals surface area contributed by atoms with Crippen LogP contribution in [-0.2, 0) is 14.4 Å². The number of amides is 3. The van der Waals surface area contributed by atoms with Crippen molar-refractivity contribution in [2.24, 2.45) is 11.7 Å². The van der Waals surface area contributed by atoms with Crippen LogP contribution in [0.1, 0.15) is 51.4 Å². The van der Waals surface area contributed by atoms with Crippen molar-refractivity contribution < 1.29 is 14.4 Å². The molecule has 0 aromatic heterocycles. The van der Waals surface area contributed by atoms with Gasteiger partial charge in [-0.05, 0) is 38.0 Å². The molecular formula is C15H23N3O3. The van der Waals surface area contributed by atoms with Gasteiger partial charge in [-0.3, -0.25) is 19.3 Å². The van der Waals surface area contributed by atoms with E-state index in [0.717, 1.165) is 32.1 Å². The van der Waals surface area contributed by atoms with Crippen molar-refractivity contribution in [1.29, 1.82) is 0 Å². The second kappa shape index (κ2) is 5.40. The summed E-state index contributed by atoms with van der Waals surface area (Å²) in [6, 6.07) is 0.410. The summed E-state index contributed by atoms with van der Waals surface area (Å²) in [6.45, 7) is 0.420. The summed E-state index contributed by atoms with van der Waals surface area (Å²) in [5.74, 6) is -0.330. The lowest BCUT2D eigenvalue weighted by atomic mass is 9.83. The first-order valence-electron chi connectivity index (χ1n) is 7.94. The predicted molar refractivity (Wildman–Crippen MR) is 76.0 cm³/mol. The molecule has 6 nitrogen and oxygen atoms in total. The molecule has 0 radical (unpaired) electrons. The van der Waals surface area contributed by atoms with Crippen LogP contribution in [0, 0.1) is 5.92 Å². The predicted octanol–water partition coefficient (Wildman–Crippen LogP) is 0.302. The second-order valence-corrected chi connectivity index (χ2v) is 6.57. The Morgan fingerprint density at radius 3 is 2.48 bits per heavy atom. The van der Waals surface area contributed by atoms with Crippen molar-refractivity contribution in [3.8, 4) is 0 Å². The minimum atomic E-state index is -0.632. The average Bonchev–Trinajstić information content (AvgIpc) is 3.07. The third-order valence-electron chi connectivity index (χ3n) is 5.16. The van der Waals surface area contributed by atoms with E-state index in [1.54, 1.807) is 0 Å². The second-order valence-electron chi connectivity index (χ2n) is 6.57. The largest absolute Gasteiger partial charge is 0.368 e. The van der Waals surface area contributed by atoms with Gasteiger partial charge in [-0.15, -0.1) is 0 Å². The van der Waals surface area contributed by atoms with E-state index in [-0.39, 0.29) is 23.6 Å². The fraction of sp³-hybridized carbons (Fsp3) is 0.800. The number of primary amides is 1. The van der Waals surface area contributed by atoms with Gasteiger partial charge in [-0.25, -0.2) is 0 Å². The van der Waals surface area contributed by atoms with Gasteiger partial charge in [-0.1, -0.05) is 6.42 Å². The van der Waals surface area contributed by atoms with E-state index in [2.05, 4.69) is 5.32 Å². The Hall–Kier alpha value is -1.43. The SMILES string of the molecule is NC(=O)C1(NC2CC2)CCCC1CCN1C(=O)CCC1=O. The fourth-order valence-corrected chi connectivity index (χ4v) is 3.80. The highest BCUT2D eigenvalue weighted by molar-refractivity contribution is 6.01. The summed E-state index contributed by atoms with van der Waals surface area (Å²) >= 11 is 0. The maximum atomic E-state index is 12.0. The molecule has 6 heteroatoms. The topological polar surface area (TPSA) is 92.5 Å². The van der Waals surface area contributed by atoms with Crippen LogP contribution < -0.4 is 11.1 Å². The number of nitrogens with one attached hydrogen (secondary N) is 1. The number of imide groups is 1. The lowest BCUT2D eigenvalue weighted by Gasteiger charge is -2.34. The number of likely N-dealkylation sites (tertiary alicyclic amines) is 1. The van der Waals surface area contributed by atoms with Crippen LogP contribution >= 0.6 is 0 Å². The van der Waals surface area contributed by atoms with E-state index >= 15 is 0 Å². The summed E-state index contributed by atoms with van der Waals surface area (Å²) in [5, 5.41) is 3.45. The number of nitrogens with two attached hydrogens (primary N) is 1. The molecule has 0 bridgehead atoms. The lowest BCUT2D eigenvalue weighted by Crippen LogP contribution is -2.59. The Bertz CT molecular complexity index is 459. The molecule has 0 aromatic carbocycles. The standard InChI is InChI=1S/C15H23N3O3/c16-14(21)15(17-11-3-4-11)8-1-2-10(15)7-9-18-12(19)5-6-13(18)20/h10-11,17H,1-9H2,(H2,16,21). The van der Waals surface area contributed by atoms with Crippen molar-refractivity contribution in [3.05, 3.63) is 0 Å². The van der Waals surface area contributed by atoms with E-state index < -0.39 is 5.54 Å². The van der Waals surface area contributed by atoms with Gasteiger partial charge in [0.1, 0.15) is 5.54 Å². The van der Waals surface area contributed by atoms with Crippen LogP contribution in [0.25, 0.3) is 0 Å². The van der Waals surface area contributed by atoms with E-state index in [1.807, 2.05) is 0 Å². The van der Waals surface area contributed by atoms with E-state index in [1.165, 1.54) is 4.90 Å². The summed E-state index contributed by atoms with van der Waals surface area (Å²) in [5.41, 5.74) is 5.06. The number of hydrogen-bond donors (Lipinski definition) is 2. The highest BCUT2D eigenvalue weighted by Crippen LogP contribution is 2.40. The zero-order valence-corrected chi connectivity index (χ0v) is 12.3. The third kappa shape index (κ3) is 2.69. The van der Waals surface area contributed by atoms with Crippen LogP contribution in [0.15, 0.2) is 0 Å². The first-order chi connectivity index (χ1) is 10.0. The molecule has 2 unspecified atom stereocenters. The maximum absolute atomic E-state index is 12.0. The number of rotatable bonds is 6. The molecular weight excluding hydrogens is 270 g/mol. The highest BCUT2D eigenvalue weighted by atomic mass is 16.2. The Labute approximate surface area is 124 Å². The van der Waals surface area contributed by atoms with E-state index in [0.29, 0.717) is 31.8 Å². The average molecular weight is 293 g/mol. The molecule has 3 aliphatic rings. The number of nitrogens with zero attached hydrogens (tertiary/aromatic N) is 1. The van der Waals surface area contributed by atoms with Gasteiger partial charge < -0.3 is 11.1 Å². The normalized spacial score (nSPS) is 33.0. The Balaban J connectivity index is 1.66. The molecule has 3 rings (SSSR count). The molecule has 21 heavy (non-hydrogen) atoms. The molecule has 3 N–H and O–H groups in total. The molecule has 2 saturated carbocycles. The fourth-order valence-electron chi connectivity index (χ4n) is 3.80. The Morgan fingerprint density at radius 2 is 1.90 bits per heavy atom. The van der Waals surface area contributed by atoms with Crippen molar-refractivity contribution in [1.82, 2.24) is 10.2 Å². The Kier molecular flexibility index (Phi) is 3.73. The molecule has 1 heterocycles.